The van der Waals surface area contributed by atoms with Crippen LogP contribution in [0.15, 0.2) is 0 Å². The number of terminal acetylenes is 1. The third kappa shape index (κ3) is 5.75. The van der Waals surface area contributed by atoms with E-state index in [4.69, 9.17) is 12.2 Å². The van der Waals surface area contributed by atoms with Crippen LogP contribution >= 0.6 is 0 Å². The van der Waals surface area contributed by atoms with Crippen molar-refractivity contribution in [2.45, 2.75) is 32.2 Å². The van der Waals surface area contributed by atoms with Crippen LogP contribution in [-0.2, 0) is 4.79 Å². The van der Waals surface area contributed by atoms with E-state index in [0.717, 1.165) is 25.8 Å². The van der Waals surface area contributed by atoms with Gasteiger partial charge in [-0.1, -0.05) is 0 Å². The van der Waals surface area contributed by atoms with E-state index in [-0.39, 0.29) is 11.9 Å². The van der Waals surface area contributed by atoms with Crippen LogP contribution in [0, 0.1) is 12.3 Å². The van der Waals surface area contributed by atoms with Gasteiger partial charge in [-0.15, -0.1) is 12.3 Å². The first-order valence-electron chi connectivity index (χ1n) is 4.14. The minimum Gasteiger partial charge on any atom is -0.368 e. The summed E-state index contributed by atoms with van der Waals surface area (Å²) in [7, 11) is 0. The maximum Gasteiger partial charge on any atom is 0.234 e. The highest BCUT2D eigenvalue weighted by Crippen LogP contribution is 1.92. The Hall–Kier alpha value is -1.01. The molecule has 3 nitrogen and oxygen atoms in total. The lowest BCUT2D eigenvalue weighted by molar-refractivity contribution is -0.119. The van der Waals surface area contributed by atoms with Crippen LogP contribution in [0.2, 0.25) is 0 Å². The molecule has 1 amide bonds. The lowest BCUT2D eigenvalue weighted by Gasteiger charge is -2.08. The third-order valence-electron chi connectivity index (χ3n) is 1.63. The molecule has 0 spiro atoms. The summed E-state index contributed by atoms with van der Waals surface area (Å²) in [5, 5.41) is 3.00. The molecule has 0 saturated carbocycles. The zero-order valence-corrected chi connectivity index (χ0v) is 7.47. The monoisotopic (exact) mass is 168 g/mol. The average Bonchev–Trinajstić information content (AvgIpc) is 2.03. The summed E-state index contributed by atoms with van der Waals surface area (Å²) in [5.74, 6) is 2.25. The molecule has 68 valence electrons. The SMILES string of the molecule is C#CCCCCNC(C)C(N)=O. The summed E-state index contributed by atoms with van der Waals surface area (Å²) in [6, 6.07) is -0.240. The maximum atomic E-state index is 10.5. The van der Waals surface area contributed by atoms with E-state index >= 15 is 0 Å². The van der Waals surface area contributed by atoms with E-state index in [0.29, 0.717) is 0 Å². The Labute approximate surface area is 73.7 Å². The molecule has 12 heavy (non-hydrogen) atoms. The van der Waals surface area contributed by atoms with Crippen LogP contribution in [0.3, 0.4) is 0 Å². The first kappa shape index (κ1) is 11.0. The lowest BCUT2D eigenvalue weighted by Crippen LogP contribution is -2.39. The normalized spacial score (nSPS) is 12.0. The molecule has 0 aliphatic rings. The maximum absolute atomic E-state index is 10.5. The summed E-state index contributed by atoms with van der Waals surface area (Å²) in [6.07, 6.45) is 7.86. The van der Waals surface area contributed by atoms with Gasteiger partial charge in [-0.3, -0.25) is 4.79 Å². The van der Waals surface area contributed by atoms with Crippen LogP contribution in [-0.4, -0.2) is 18.5 Å². The van der Waals surface area contributed by atoms with Gasteiger partial charge in [0.15, 0.2) is 0 Å². The Morgan fingerprint density at radius 3 is 2.83 bits per heavy atom. The number of hydrogen-bond donors (Lipinski definition) is 2. The largest absolute Gasteiger partial charge is 0.368 e. The molecule has 0 aromatic heterocycles. The van der Waals surface area contributed by atoms with Crippen LogP contribution in [0.25, 0.3) is 0 Å². The van der Waals surface area contributed by atoms with Gasteiger partial charge in [0.2, 0.25) is 5.91 Å². The zero-order chi connectivity index (χ0) is 9.40. The number of nitrogens with one attached hydrogen (secondary N) is 1. The van der Waals surface area contributed by atoms with Crippen molar-refractivity contribution in [3.63, 3.8) is 0 Å². The van der Waals surface area contributed by atoms with E-state index in [2.05, 4.69) is 11.2 Å². The first-order chi connectivity index (χ1) is 5.68. The van der Waals surface area contributed by atoms with Gasteiger partial charge >= 0.3 is 0 Å². The minimum atomic E-state index is -0.313. The highest BCUT2D eigenvalue weighted by atomic mass is 16.1. The van der Waals surface area contributed by atoms with Crippen LogP contribution in [0.4, 0.5) is 0 Å². The molecule has 0 saturated heterocycles. The molecule has 3 N–H and O–H groups in total. The molecule has 3 heteroatoms. The predicted octanol–water partition coefficient (Wildman–Crippen LogP) is 0.253. The molecule has 1 unspecified atom stereocenters. The van der Waals surface area contributed by atoms with Crippen LogP contribution in [0.1, 0.15) is 26.2 Å². The predicted molar refractivity (Wildman–Crippen MR) is 49.3 cm³/mol. The lowest BCUT2D eigenvalue weighted by atomic mass is 10.2. The van der Waals surface area contributed by atoms with Crippen molar-refractivity contribution in [1.82, 2.24) is 5.32 Å². The van der Waals surface area contributed by atoms with E-state index in [1.807, 2.05) is 0 Å². The highest BCUT2D eigenvalue weighted by molar-refractivity contribution is 5.79. The Morgan fingerprint density at radius 2 is 2.33 bits per heavy atom. The van der Waals surface area contributed by atoms with Gasteiger partial charge in [0.05, 0.1) is 6.04 Å². The number of rotatable bonds is 6. The average molecular weight is 168 g/mol. The molecule has 0 heterocycles. The molecule has 1 atom stereocenters. The van der Waals surface area contributed by atoms with Crippen molar-refractivity contribution in [2.75, 3.05) is 6.54 Å². The van der Waals surface area contributed by atoms with Gasteiger partial charge in [-0.25, -0.2) is 0 Å². The summed E-state index contributed by atoms with van der Waals surface area (Å²) in [4.78, 5) is 10.5. The molecule has 0 aliphatic heterocycles. The molecule has 0 aliphatic carbocycles. The standard InChI is InChI=1S/C9H16N2O/c1-3-4-5-6-7-11-8(2)9(10)12/h1,8,11H,4-7H2,2H3,(H2,10,12). The Morgan fingerprint density at radius 1 is 1.67 bits per heavy atom. The van der Waals surface area contributed by atoms with E-state index in [1.54, 1.807) is 6.92 Å². The van der Waals surface area contributed by atoms with Gasteiger partial charge in [-0.05, 0) is 26.3 Å². The van der Waals surface area contributed by atoms with Gasteiger partial charge in [0.1, 0.15) is 0 Å². The second-order valence-corrected chi connectivity index (χ2v) is 2.74. The number of hydrogen-bond acceptors (Lipinski definition) is 2. The number of unbranched alkanes of at least 4 members (excludes halogenated alkanes) is 2. The number of primary amides is 1. The quantitative estimate of drug-likeness (QED) is 0.441. The minimum absolute atomic E-state index is 0.240. The second kappa shape index (κ2) is 6.68. The number of carbonyl (C=O) groups excluding carboxylic acids is 1. The van der Waals surface area contributed by atoms with Crippen molar-refractivity contribution in [3.05, 3.63) is 0 Å². The summed E-state index contributed by atoms with van der Waals surface area (Å²) in [5.41, 5.74) is 5.04. The fraction of sp³-hybridized carbons (Fsp3) is 0.667. The Balaban J connectivity index is 3.21. The van der Waals surface area contributed by atoms with Crippen LogP contribution in [0.5, 0.6) is 0 Å². The summed E-state index contributed by atoms with van der Waals surface area (Å²) >= 11 is 0. The smallest absolute Gasteiger partial charge is 0.234 e. The molecule has 0 rings (SSSR count). The molecule has 0 aromatic carbocycles. The van der Waals surface area contributed by atoms with Crippen molar-refractivity contribution >= 4 is 5.91 Å². The molecular formula is C9H16N2O. The fourth-order valence-corrected chi connectivity index (χ4v) is 0.771. The highest BCUT2D eigenvalue weighted by Gasteiger charge is 2.05. The molecule has 0 radical (unpaired) electrons. The fourth-order valence-electron chi connectivity index (χ4n) is 0.771. The van der Waals surface area contributed by atoms with Crippen LogP contribution < -0.4 is 11.1 Å². The summed E-state index contributed by atoms with van der Waals surface area (Å²) < 4.78 is 0. The molecule has 0 bridgehead atoms. The van der Waals surface area contributed by atoms with Crippen molar-refractivity contribution in [1.29, 1.82) is 0 Å². The second-order valence-electron chi connectivity index (χ2n) is 2.74. The number of nitrogens with two attached hydrogens (primary N) is 1. The topological polar surface area (TPSA) is 55.1 Å². The van der Waals surface area contributed by atoms with Gasteiger partial charge < -0.3 is 11.1 Å². The van der Waals surface area contributed by atoms with Gasteiger partial charge in [0.25, 0.3) is 0 Å². The van der Waals surface area contributed by atoms with Crippen molar-refractivity contribution < 1.29 is 4.79 Å². The van der Waals surface area contributed by atoms with Crippen molar-refractivity contribution in [3.8, 4) is 12.3 Å². The molecular weight excluding hydrogens is 152 g/mol. The molecule has 0 fully saturated rings. The summed E-state index contributed by atoms with van der Waals surface area (Å²) in [6.45, 7) is 2.55. The van der Waals surface area contributed by atoms with Crippen molar-refractivity contribution in [2.24, 2.45) is 5.73 Å². The Kier molecular flexibility index (Phi) is 6.12. The Bertz CT molecular complexity index is 172. The third-order valence-corrected chi connectivity index (χ3v) is 1.63. The first-order valence-corrected chi connectivity index (χ1v) is 4.14. The number of carbonyl (C=O) groups is 1. The van der Waals surface area contributed by atoms with E-state index in [9.17, 15) is 4.79 Å². The van der Waals surface area contributed by atoms with Gasteiger partial charge in [-0.2, -0.15) is 0 Å². The van der Waals surface area contributed by atoms with Gasteiger partial charge in [0, 0.05) is 6.42 Å². The van der Waals surface area contributed by atoms with E-state index in [1.165, 1.54) is 0 Å². The zero-order valence-electron chi connectivity index (χ0n) is 7.47. The van der Waals surface area contributed by atoms with E-state index < -0.39 is 0 Å². The number of amides is 1. The molecule has 0 aromatic rings.